The number of carbonyl (C=O) groups excluding carboxylic acids is 2. The summed E-state index contributed by atoms with van der Waals surface area (Å²) in [4.78, 5) is 25.7. The number of halogens is 2. The van der Waals surface area contributed by atoms with Crippen molar-refractivity contribution in [2.75, 3.05) is 12.1 Å². The van der Waals surface area contributed by atoms with Crippen molar-refractivity contribution in [1.82, 2.24) is 14.9 Å². The number of Topliss-reactive ketones (excluding diaryl/α,β-unsaturated/α-hetero) is 1. The standard InChI is InChI=1S/C21H16Cl2N4O3S/c1-11(28)19-18(14-6-9-16(22)17(23)10-14)26(12(2)29)27-20(24-25-21(27)31-19)13-4-7-15(30-3)8-5-13/h4-10H,1-3H3. The van der Waals surface area contributed by atoms with Gasteiger partial charge in [-0.2, -0.15) is 4.68 Å². The number of fused-ring (bicyclic) bond motifs is 1. The van der Waals surface area contributed by atoms with Crippen LogP contribution in [0.15, 0.2) is 52.5 Å². The van der Waals surface area contributed by atoms with Crippen molar-refractivity contribution in [3.63, 3.8) is 0 Å². The Morgan fingerprint density at radius 2 is 1.65 bits per heavy atom. The number of rotatable bonds is 4. The number of allylic oxidation sites excluding steroid dienone is 1. The summed E-state index contributed by atoms with van der Waals surface area (Å²) in [5.41, 5.74) is 1.69. The van der Waals surface area contributed by atoms with E-state index < -0.39 is 0 Å². The van der Waals surface area contributed by atoms with Gasteiger partial charge in [-0.1, -0.05) is 29.3 Å². The average Bonchev–Trinajstić information content (AvgIpc) is 3.18. The van der Waals surface area contributed by atoms with Crippen LogP contribution in [0, 0.1) is 0 Å². The third-order valence-electron chi connectivity index (χ3n) is 4.59. The first-order valence-electron chi connectivity index (χ1n) is 9.11. The number of thioether (sulfide) groups is 1. The predicted molar refractivity (Wildman–Crippen MR) is 121 cm³/mol. The fourth-order valence-electron chi connectivity index (χ4n) is 3.20. The van der Waals surface area contributed by atoms with Crippen LogP contribution in [0.25, 0.3) is 17.1 Å². The van der Waals surface area contributed by atoms with E-state index in [-0.39, 0.29) is 11.7 Å². The number of ether oxygens (including phenoxy) is 1. The van der Waals surface area contributed by atoms with Crippen LogP contribution in [0.5, 0.6) is 5.75 Å². The molecule has 3 aromatic rings. The molecule has 7 nitrogen and oxygen atoms in total. The number of methoxy groups -OCH3 is 1. The number of benzene rings is 2. The van der Waals surface area contributed by atoms with E-state index in [0.717, 1.165) is 17.3 Å². The zero-order chi connectivity index (χ0) is 22.3. The number of amides is 1. The molecule has 0 radical (unpaired) electrons. The van der Waals surface area contributed by atoms with Crippen LogP contribution in [0.4, 0.5) is 0 Å². The van der Waals surface area contributed by atoms with E-state index in [1.807, 2.05) is 12.1 Å². The molecular formula is C21H16Cl2N4O3S. The van der Waals surface area contributed by atoms with E-state index in [4.69, 9.17) is 27.9 Å². The first kappa shape index (κ1) is 21.4. The van der Waals surface area contributed by atoms with Gasteiger partial charge in [0.2, 0.25) is 11.1 Å². The summed E-state index contributed by atoms with van der Waals surface area (Å²) in [5, 5.41) is 11.0. The molecule has 4 rings (SSSR count). The third-order valence-corrected chi connectivity index (χ3v) is 6.45. The largest absolute Gasteiger partial charge is 0.497 e. The fourth-order valence-corrected chi connectivity index (χ4v) is 4.46. The van der Waals surface area contributed by atoms with E-state index in [1.165, 1.54) is 18.9 Å². The highest BCUT2D eigenvalue weighted by Gasteiger charge is 2.35. The maximum atomic E-state index is 12.9. The molecule has 0 spiro atoms. The molecule has 0 atom stereocenters. The molecule has 0 unspecified atom stereocenters. The lowest BCUT2D eigenvalue weighted by molar-refractivity contribution is -0.117. The first-order chi connectivity index (χ1) is 14.8. The molecule has 1 amide bonds. The fraction of sp³-hybridized carbons (Fsp3) is 0.143. The molecule has 0 saturated heterocycles. The monoisotopic (exact) mass is 474 g/mol. The van der Waals surface area contributed by atoms with Crippen molar-refractivity contribution in [3.8, 4) is 17.1 Å². The van der Waals surface area contributed by atoms with Gasteiger partial charge in [0.15, 0.2) is 11.6 Å². The summed E-state index contributed by atoms with van der Waals surface area (Å²) in [7, 11) is 1.58. The molecule has 0 aliphatic carbocycles. The number of aromatic nitrogens is 3. The summed E-state index contributed by atoms with van der Waals surface area (Å²) in [6.45, 7) is 2.85. The third kappa shape index (κ3) is 3.82. The van der Waals surface area contributed by atoms with Gasteiger partial charge in [-0.25, -0.2) is 5.01 Å². The molecule has 158 valence electrons. The van der Waals surface area contributed by atoms with Crippen LogP contribution >= 0.6 is 35.0 Å². The summed E-state index contributed by atoms with van der Waals surface area (Å²) in [6, 6.07) is 12.2. The van der Waals surface area contributed by atoms with E-state index in [9.17, 15) is 9.59 Å². The second kappa shape index (κ2) is 8.37. The lowest BCUT2D eigenvalue weighted by Gasteiger charge is -2.32. The van der Waals surface area contributed by atoms with Gasteiger partial charge in [0.05, 0.1) is 27.8 Å². The highest BCUT2D eigenvalue weighted by atomic mass is 35.5. The van der Waals surface area contributed by atoms with Crippen LogP contribution in [0.2, 0.25) is 10.0 Å². The molecule has 0 fully saturated rings. The Bertz CT molecular complexity index is 1240. The van der Waals surface area contributed by atoms with Gasteiger partial charge in [0.1, 0.15) is 5.75 Å². The lowest BCUT2D eigenvalue weighted by Crippen LogP contribution is -2.41. The topological polar surface area (TPSA) is 77.3 Å². The van der Waals surface area contributed by atoms with Crippen molar-refractivity contribution in [2.45, 2.75) is 19.0 Å². The maximum Gasteiger partial charge on any atom is 0.243 e. The normalized spacial score (nSPS) is 13.3. The van der Waals surface area contributed by atoms with E-state index in [2.05, 4.69) is 10.2 Å². The Labute approximate surface area is 192 Å². The highest BCUT2D eigenvalue weighted by Crippen LogP contribution is 2.42. The Morgan fingerprint density at radius 1 is 0.968 bits per heavy atom. The van der Waals surface area contributed by atoms with Crippen LogP contribution in [0.3, 0.4) is 0 Å². The van der Waals surface area contributed by atoms with Gasteiger partial charge in [0, 0.05) is 18.1 Å². The van der Waals surface area contributed by atoms with Crippen LogP contribution in [-0.2, 0) is 9.59 Å². The zero-order valence-corrected chi connectivity index (χ0v) is 19.0. The van der Waals surface area contributed by atoms with Gasteiger partial charge >= 0.3 is 0 Å². The molecular weight excluding hydrogens is 459 g/mol. The minimum absolute atomic E-state index is 0.211. The van der Waals surface area contributed by atoms with E-state index in [1.54, 1.807) is 42.1 Å². The minimum Gasteiger partial charge on any atom is -0.497 e. The van der Waals surface area contributed by atoms with Crippen molar-refractivity contribution in [3.05, 3.63) is 63.0 Å². The quantitative estimate of drug-likeness (QED) is 0.539. The second-order valence-electron chi connectivity index (χ2n) is 6.64. The summed E-state index contributed by atoms with van der Waals surface area (Å²) < 4.78 is 6.81. The Morgan fingerprint density at radius 3 is 2.23 bits per heavy atom. The molecule has 0 bridgehead atoms. The molecule has 0 saturated carbocycles. The Balaban J connectivity index is 1.94. The number of hydrogen-bond acceptors (Lipinski definition) is 6. The van der Waals surface area contributed by atoms with Crippen molar-refractivity contribution >= 4 is 52.4 Å². The molecule has 1 aliphatic heterocycles. The van der Waals surface area contributed by atoms with Gasteiger partial charge < -0.3 is 4.74 Å². The summed E-state index contributed by atoms with van der Waals surface area (Å²) in [5.74, 6) is 0.601. The van der Waals surface area contributed by atoms with Gasteiger partial charge in [0.25, 0.3) is 0 Å². The number of carbonyl (C=O) groups is 2. The summed E-state index contributed by atoms with van der Waals surface area (Å²) in [6.07, 6.45) is 0. The first-order valence-corrected chi connectivity index (χ1v) is 10.7. The van der Waals surface area contributed by atoms with E-state index >= 15 is 0 Å². The van der Waals surface area contributed by atoms with Gasteiger partial charge in [-0.3, -0.25) is 9.59 Å². The van der Waals surface area contributed by atoms with Crippen molar-refractivity contribution in [2.24, 2.45) is 0 Å². The number of nitrogens with zero attached hydrogens (tertiary/aromatic N) is 4. The Hall–Kier alpha value is -2.81. The highest BCUT2D eigenvalue weighted by molar-refractivity contribution is 8.04. The zero-order valence-electron chi connectivity index (χ0n) is 16.7. The molecule has 1 aromatic heterocycles. The predicted octanol–water partition coefficient (Wildman–Crippen LogP) is 4.81. The molecule has 1 aliphatic rings. The Kier molecular flexibility index (Phi) is 5.79. The van der Waals surface area contributed by atoms with Crippen LogP contribution in [0.1, 0.15) is 19.4 Å². The lowest BCUT2D eigenvalue weighted by atomic mass is 10.1. The molecule has 2 heterocycles. The second-order valence-corrected chi connectivity index (χ2v) is 8.43. The average molecular weight is 475 g/mol. The van der Waals surface area contributed by atoms with Crippen molar-refractivity contribution < 1.29 is 14.3 Å². The van der Waals surface area contributed by atoms with Crippen LogP contribution in [-0.4, -0.2) is 33.7 Å². The minimum atomic E-state index is -0.323. The molecule has 10 heteroatoms. The number of ketones is 1. The summed E-state index contributed by atoms with van der Waals surface area (Å²) >= 11 is 13.5. The molecule has 0 N–H and O–H groups in total. The smallest absolute Gasteiger partial charge is 0.243 e. The maximum absolute atomic E-state index is 12.9. The van der Waals surface area contributed by atoms with Crippen molar-refractivity contribution in [1.29, 1.82) is 0 Å². The van der Waals surface area contributed by atoms with Gasteiger partial charge in [-0.15, -0.1) is 10.2 Å². The molecule has 2 aromatic carbocycles. The van der Waals surface area contributed by atoms with Gasteiger partial charge in [-0.05, 0) is 55.1 Å². The van der Waals surface area contributed by atoms with Crippen LogP contribution < -0.4 is 9.75 Å². The molecule has 31 heavy (non-hydrogen) atoms. The van der Waals surface area contributed by atoms with E-state index in [0.29, 0.717) is 42.9 Å². The SMILES string of the molecule is COc1ccc(-c2nnc3n2N(C(C)=O)C(c2ccc(Cl)c(Cl)c2)=C(C(C)=O)S3)cc1. The number of hydrogen-bond donors (Lipinski definition) is 0.